The summed E-state index contributed by atoms with van der Waals surface area (Å²) in [6.07, 6.45) is 8.29. The Balaban J connectivity index is 1.31. The molecule has 5 atom stereocenters. The fraction of sp³-hybridized carbons (Fsp3) is 0.625. The Morgan fingerprint density at radius 2 is 2.03 bits per heavy atom. The number of unbranched alkanes of at least 4 members (excludes halogenated alkanes) is 1. The molecule has 168 valence electrons. The van der Waals surface area contributed by atoms with Crippen LogP contribution in [0.25, 0.3) is 0 Å². The number of nitrogens with one attached hydrogen (secondary N) is 1. The van der Waals surface area contributed by atoms with Gasteiger partial charge in [-0.2, -0.15) is 0 Å². The molecule has 2 fully saturated rings. The molecule has 2 saturated carbocycles. The second-order valence-corrected chi connectivity index (χ2v) is 9.09. The van der Waals surface area contributed by atoms with Gasteiger partial charge in [0.15, 0.2) is 17.3 Å². The van der Waals surface area contributed by atoms with Crippen molar-refractivity contribution in [3.05, 3.63) is 35.6 Å². The van der Waals surface area contributed by atoms with Gasteiger partial charge in [0.25, 0.3) is 5.91 Å². The highest BCUT2D eigenvalue weighted by Gasteiger charge is 2.41. The van der Waals surface area contributed by atoms with Gasteiger partial charge in [-0.15, -0.1) is 0 Å². The molecule has 5 rings (SSSR count). The Labute approximate surface area is 182 Å². The maximum absolute atomic E-state index is 13.1. The average Bonchev–Trinajstić information content (AvgIpc) is 3.53. The smallest absolute Gasteiger partial charge is 0.286 e. The summed E-state index contributed by atoms with van der Waals surface area (Å²) in [5.41, 5.74) is 1.04. The quantitative estimate of drug-likeness (QED) is 0.617. The van der Waals surface area contributed by atoms with Gasteiger partial charge in [-0.05, 0) is 67.7 Å². The zero-order valence-electron chi connectivity index (χ0n) is 17.8. The molecule has 2 bridgehead atoms. The summed E-state index contributed by atoms with van der Waals surface area (Å²) < 4.78 is 22.8. The van der Waals surface area contributed by atoms with Crippen molar-refractivity contribution >= 4 is 5.91 Å². The van der Waals surface area contributed by atoms with Crippen LogP contribution in [0.15, 0.2) is 30.0 Å². The van der Waals surface area contributed by atoms with Crippen LogP contribution in [-0.4, -0.2) is 43.4 Å². The summed E-state index contributed by atoms with van der Waals surface area (Å²) in [5, 5.41) is 12.2. The lowest BCUT2D eigenvalue weighted by Crippen LogP contribution is -2.41. The number of benzene rings is 1. The third-order valence-electron chi connectivity index (χ3n) is 7.02. The first-order valence-electron chi connectivity index (χ1n) is 11.5. The van der Waals surface area contributed by atoms with E-state index in [1.807, 2.05) is 24.3 Å². The van der Waals surface area contributed by atoms with Gasteiger partial charge in [-0.1, -0.05) is 12.5 Å². The molecule has 4 aliphatic rings. The zero-order chi connectivity index (χ0) is 21.2. The molecule has 7 nitrogen and oxygen atoms in total. The Bertz CT molecular complexity index is 839. The average molecular weight is 430 g/mol. The van der Waals surface area contributed by atoms with Gasteiger partial charge in [0.2, 0.25) is 13.1 Å². The SMILES string of the molecule is O=C(NC1CC2CCC1C2)C1=C[C@@H](c2ccc3c(c2)OCO3)C[C@@H](OCCCCO)O1. The van der Waals surface area contributed by atoms with Crippen molar-refractivity contribution in [2.75, 3.05) is 20.0 Å². The van der Waals surface area contributed by atoms with Crippen LogP contribution in [0.2, 0.25) is 0 Å². The van der Waals surface area contributed by atoms with Crippen molar-refractivity contribution in [2.45, 2.75) is 63.2 Å². The number of amides is 1. The minimum absolute atomic E-state index is 0.0214. The topological polar surface area (TPSA) is 86.3 Å². The molecule has 0 spiro atoms. The second kappa shape index (κ2) is 9.09. The first-order valence-corrected chi connectivity index (χ1v) is 11.5. The number of fused-ring (bicyclic) bond motifs is 3. The first-order chi connectivity index (χ1) is 15.2. The lowest BCUT2D eigenvalue weighted by atomic mass is 9.92. The van der Waals surface area contributed by atoms with E-state index in [0.29, 0.717) is 31.1 Å². The number of allylic oxidation sites excluding steroid dienone is 1. The van der Waals surface area contributed by atoms with Crippen LogP contribution in [0.5, 0.6) is 11.5 Å². The summed E-state index contributed by atoms with van der Waals surface area (Å²) in [4.78, 5) is 13.1. The van der Waals surface area contributed by atoms with Crippen molar-refractivity contribution < 1.29 is 28.8 Å². The van der Waals surface area contributed by atoms with Crippen LogP contribution in [0.4, 0.5) is 0 Å². The number of rotatable bonds is 8. The first kappa shape index (κ1) is 20.6. The molecular formula is C24H31NO6. The third kappa shape index (κ3) is 4.53. The number of carbonyl (C=O) groups excluding carboxylic acids is 1. The highest BCUT2D eigenvalue weighted by atomic mass is 16.7. The van der Waals surface area contributed by atoms with Crippen LogP contribution in [0, 0.1) is 11.8 Å². The minimum atomic E-state index is -0.500. The predicted octanol–water partition coefficient (Wildman–Crippen LogP) is 3.22. The number of hydrogen-bond acceptors (Lipinski definition) is 6. The number of carbonyl (C=O) groups is 1. The second-order valence-electron chi connectivity index (χ2n) is 9.09. The van der Waals surface area contributed by atoms with E-state index in [0.717, 1.165) is 35.8 Å². The number of ether oxygens (including phenoxy) is 4. The molecule has 1 amide bonds. The standard InChI is InChI=1S/C24H31NO6/c26-7-1-2-8-28-23-13-18(16-5-6-20-21(11-16)30-14-29-20)12-22(31-23)24(27)25-19-10-15-3-4-17(19)9-15/h5-6,11-12,15,17-19,23,26H,1-4,7-10,13-14H2,(H,25,27)/t15?,17?,18-,19?,23+/m1/s1. The molecule has 2 heterocycles. The number of aliphatic hydroxyl groups excluding tert-OH is 1. The summed E-state index contributed by atoms with van der Waals surface area (Å²) >= 11 is 0. The molecule has 0 saturated heterocycles. The van der Waals surface area contributed by atoms with Gasteiger partial charge in [0.05, 0.1) is 6.61 Å². The Kier molecular flexibility index (Phi) is 6.05. The monoisotopic (exact) mass is 429 g/mol. The molecule has 2 aliphatic heterocycles. The Hall–Kier alpha value is -2.25. The maximum Gasteiger partial charge on any atom is 0.286 e. The molecule has 31 heavy (non-hydrogen) atoms. The number of aliphatic hydroxyl groups is 1. The van der Waals surface area contributed by atoms with E-state index in [-0.39, 0.29) is 31.3 Å². The largest absolute Gasteiger partial charge is 0.459 e. The normalized spacial score (nSPS) is 30.7. The van der Waals surface area contributed by atoms with Gasteiger partial charge < -0.3 is 29.4 Å². The third-order valence-corrected chi connectivity index (χ3v) is 7.02. The van der Waals surface area contributed by atoms with E-state index in [1.165, 1.54) is 19.3 Å². The lowest BCUT2D eigenvalue weighted by Gasteiger charge is -2.30. The fourth-order valence-corrected chi connectivity index (χ4v) is 5.38. The molecule has 3 unspecified atom stereocenters. The van der Waals surface area contributed by atoms with Crippen LogP contribution >= 0.6 is 0 Å². The van der Waals surface area contributed by atoms with Crippen molar-refractivity contribution in [3.8, 4) is 11.5 Å². The molecule has 0 aromatic heterocycles. The van der Waals surface area contributed by atoms with Gasteiger partial charge >= 0.3 is 0 Å². The molecular weight excluding hydrogens is 398 g/mol. The molecule has 1 aromatic rings. The van der Waals surface area contributed by atoms with Gasteiger partial charge in [-0.3, -0.25) is 4.79 Å². The van der Waals surface area contributed by atoms with Crippen LogP contribution in [0.3, 0.4) is 0 Å². The van der Waals surface area contributed by atoms with E-state index in [1.54, 1.807) is 0 Å². The summed E-state index contributed by atoms with van der Waals surface area (Å²) in [7, 11) is 0. The Morgan fingerprint density at radius 1 is 1.13 bits per heavy atom. The molecule has 1 aromatic carbocycles. The Morgan fingerprint density at radius 3 is 2.84 bits per heavy atom. The number of hydrogen-bond donors (Lipinski definition) is 2. The van der Waals surface area contributed by atoms with Crippen LogP contribution in [0.1, 0.15) is 56.4 Å². The maximum atomic E-state index is 13.1. The molecule has 2 aliphatic carbocycles. The van der Waals surface area contributed by atoms with Crippen molar-refractivity contribution in [1.29, 1.82) is 0 Å². The van der Waals surface area contributed by atoms with Crippen molar-refractivity contribution in [3.63, 3.8) is 0 Å². The summed E-state index contributed by atoms with van der Waals surface area (Å²) in [6.45, 7) is 0.863. The van der Waals surface area contributed by atoms with Crippen molar-refractivity contribution in [2.24, 2.45) is 11.8 Å². The van der Waals surface area contributed by atoms with Gasteiger partial charge in [0.1, 0.15) is 0 Å². The van der Waals surface area contributed by atoms with Gasteiger partial charge in [0, 0.05) is 25.0 Å². The van der Waals surface area contributed by atoms with Crippen molar-refractivity contribution in [1.82, 2.24) is 5.32 Å². The summed E-state index contributed by atoms with van der Waals surface area (Å²) in [5.74, 6) is 3.01. The van der Waals surface area contributed by atoms with E-state index in [4.69, 9.17) is 24.1 Å². The highest BCUT2D eigenvalue weighted by Crippen LogP contribution is 2.44. The van der Waals surface area contributed by atoms with E-state index >= 15 is 0 Å². The molecule has 7 heteroatoms. The molecule has 2 N–H and O–H groups in total. The summed E-state index contributed by atoms with van der Waals surface area (Å²) in [6, 6.07) is 6.15. The highest BCUT2D eigenvalue weighted by molar-refractivity contribution is 5.92. The fourth-order valence-electron chi connectivity index (χ4n) is 5.38. The lowest BCUT2D eigenvalue weighted by molar-refractivity contribution is -0.147. The molecule has 0 radical (unpaired) electrons. The van der Waals surface area contributed by atoms with E-state index < -0.39 is 6.29 Å². The van der Waals surface area contributed by atoms with E-state index in [9.17, 15) is 4.79 Å². The van der Waals surface area contributed by atoms with Crippen LogP contribution in [-0.2, 0) is 14.3 Å². The van der Waals surface area contributed by atoms with Gasteiger partial charge in [-0.25, -0.2) is 0 Å². The zero-order valence-corrected chi connectivity index (χ0v) is 17.8. The minimum Gasteiger partial charge on any atom is -0.459 e. The van der Waals surface area contributed by atoms with E-state index in [2.05, 4.69) is 5.32 Å². The predicted molar refractivity (Wildman–Crippen MR) is 113 cm³/mol. The van der Waals surface area contributed by atoms with Crippen LogP contribution < -0.4 is 14.8 Å².